The third kappa shape index (κ3) is 17.8. The van der Waals surface area contributed by atoms with Gasteiger partial charge in [-0.1, -0.05) is 114 Å². The van der Waals surface area contributed by atoms with Gasteiger partial charge in [0.25, 0.3) is 0 Å². The number of fused-ring (bicyclic) bond motifs is 1. The lowest BCUT2D eigenvalue weighted by molar-refractivity contribution is -0.144. The highest BCUT2D eigenvalue weighted by atomic mass is 16.6. The van der Waals surface area contributed by atoms with Crippen LogP contribution in [0.15, 0.2) is 54.6 Å². The Bertz CT molecular complexity index is 1110. The van der Waals surface area contributed by atoms with Crippen LogP contribution in [0, 0.1) is 0 Å². The molecule has 0 unspecified atom stereocenters. The van der Waals surface area contributed by atoms with Gasteiger partial charge in [0.15, 0.2) is 0 Å². The van der Waals surface area contributed by atoms with Gasteiger partial charge in [0, 0.05) is 18.6 Å². The molecule has 0 N–H and O–H groups in total. The minimum absolute atomic E-state index is 0.180. The molecular weight excluding hydrogens is 556 g/mol. The first-order chi connectivity index (χ1) is 21.5. The minimum atomic E-state index is -0.417. The molecule has 0 amide bonds. The second-order valence-corrected chi connectivity index (χ2v) is 11.5. The summed E-state index contributed by atoms with van der Waals surface area (Å²) >= 11 is 0. The van der Waals surface area contributed by atoms with E-state index in [4.69, 9.17) is 18.9 Å². The van der Waals surface area contributed by atoms with E-state index in [2.05, 4.69) is 6.58 Å². The van der Waals surface area contributed by atoms with Gasteiger partial charge in [-0.15, -0.1) is 0 Å². The second kappa shape index (κ2) is 24.2. The van der Waals surface area contributed by atoms with E-state index < -0.39 is 5.97 Å². The Hall–Kier alpha value is -3.19. The summed E-state index contributed by atoms with van der Waals surface area (Å²) in [5.74, 6) is -0.828. The molecule has 7 nitrogen and oxygen atoms in total. The fourth-order valence-corrected chi connectivity index (χ4v) is 4.89. The molecule has 0 aliphatic heterocycles. The molecule has 0 atom stereocenters. The highest BCUT2D eigenvalue weighted by molar-refractivity contribution is 5.95. The molecule has 44 heavy (non-hydrogen) atoms. The van der Waals surface area contributed by atoms with Crippen LogP contribution in [0.1, 0.15) is 120 Å². The molecule has 7 heteroatoms. The number of hydrogen-bond acceptors (Lipinski definition) is 7. The molecule has 0 aromatic heterocycles. The normalized spacial score (nSPS) is 10.9. The van der Waals surface area contributed by atoms with Crippen LogP contribution in [0.4, 0.5) is 0 Å². The first kappa shape index (κ1) is 37.0. The molecule has 0 radical (unpaired) electrons. The van der Waals surface area contributed by atoms with Gasteiger partial charge in [0.1, 0.15) is 6.61 Å². The highest BCUT2D eigenvalue weighted by Gasteiger charge is 2.08. The predicted octanol–water partition coefficient (Wildman–Crippen LogP) is 8.92. The SMILES string of the molecule is C=C(C)C(=O)OCCOCCCC(=O)OCCCCCCCCCCCCCCCCOC(=O)c1ccc2ccccc2c1. The highest BCUT2D eigenvalue weighted by Crippen LogP contribution is 2.17. The van der Waals surface area contributed by atoms with Crippen molar-refractivity contribution in [2.45, 2.75) is 110 Å². The van der Waals surface area contributed by atoms with Crippen molar-refractivity contribution in [1.29, 1.82) is 0 Å². The smallest absolute Gasteiger partial charge is 0.338 e. The number of carbonyl (C=O) groups excluding carboxylic acids is 3. The first-order valence-corrected chi connectivity index (χ1v) is 16.7. The number of carbonyl (C=O) groups is 3. The van der Waals surface area contributed by atoms with Gasteiger partial charge in [-0.3, -0.25) is 4.79 Å². The zero-order chi connectivity index (χ0) is 31.7. The Morgan fingerprint density at radius 1 is 0.568 bits per heavy atom. The van der Waals surface area contributed by atoms with E-state index >= 15 is 0 Å². The van der Waals surface area contributed by atoms with Crippen molar-refractivity contribution in [1.82, 2.24) is 0 Å². The van der Waals surface area contributed by atoms with Crippen LogP contribution >= 0.6 is 0 Å². The lowest BCUT2D eigenvalue weighted by Gasteiger charge is -2.07. The van der Waals surface area contributed by atoms with Crippen molar-refractivity contribution in [2.75, 3.05) is 33.0 Å². The number of ether oxygens (including phenoxy) is 4. The number of benzene rings is 2. The molecule has 0 fully saturated rings. The monoisotopic (exact) mass is 610 g/mol. The molecule has 0 saturated heterocycles. The third-order valence-electron chi connectivity index (χ3n) is 7.50. The summed E-state index contributed by atoms with van der Waals surface area (Å²) in [6.45, 7) is 7.04. The Labute approximate surface area is 264 Å². The van der Waals surface area contributed by atoms with Crippen molar-refractivity contribution >= 4 is 28.7 Å². The average molecular weight is 611 g/mol. The number of esters is 3. The number of rotatable bonds is 26. The molecule has 0 aliphatic carbocycles. The summed E-state index contributed by atoms with van der Waals surface area (Å²) in [4.78, 5) is 35.3. The minimum Gasteiger partial charge on any atom is -0.466 e. The Balaban J connectivity index is 1.26. The van der Waals surface area contributed by atoms with Crippen molar-refractivity contribution < 1.29 is 33.3 Å². The summed E-state index contributed by atoms with van der Waals surface area (Å²) < 4.78 is 21.0. The molecule has 0 heterocycles. The fourth-order valence-electron chi connectivity index (χ4n) is 4.89. The Morgan fingerprint density at radius 3 is 1.70 bits per heavy atom. The lowest BCUT2D eigenvalue weighted by Crippen LogP contribution is -2.12. The van der Waals surface area contributed by atoms with Gasteiger partial charge in [0.05, 0.1) is 25.4 Å². The molecule has 0 saturated carbocycles. The quantitative estimate of drug-likeness (QED) is 0.0455. The molecule has 2 aromatic rings. The third-order valence-corrected chi connectivity index (χ3v) is 7.50. The average Bonchev–Trinajstić information content (AvgIpc) is 3.03. The van der Waals surface area contributed by atoms with Gasteiger partial charge in [-0.05, 0) is 49.1 Å². The van der Waals surface area contributed by atoms with E-state index in [0.29, 0.717) is 50.4 Å². The van der Waals surface area contributed by atoms with Gasteiger partial charge in [-0.2, -0.15) is 0 Å². The number of hydrogen-bond donors (Lipinski definition) is 0. The molecule has 0 aliphatic rings. The fraction of sp³-hybridized carbons (Fsp3) is 0.595. The number of unbranched alkanes of at least 4 members (excludes halogenated alkanes) is 13. The van der Waals surface area contributed by atoms with Crippen LogP contribution in [0.5, 0.6) is 0 Å². The van der Waals surface area contributed by atoms with E-state index in [9.17, 15) is 14.4 Å². The van der Waals surface area contributed by atoms with E-state index in [0.717, 1.165) is 36.5 Å². The summed E-state index contributed by atoms with van der Waals surface area (Å²) in [5, 5.41) is 2.19. The van der Waals surface area contributed by atoms with Crippen LogP contribution in [-0.4, -0.2) is 50.9 Å². The van der Waals surface area contributed by atoms with Gasteiger partial charge in [-0.25, -0.2) is 9.59 Å². The maximum Gasteiger partial charge on any atom is 0.338 e. The predicted molar refractivity (Wildman–Crippen MR) is 176 cm³/mol. The zero-order valence-electron chi connectivity index (χ0n) is 27.0. The van der Waals surface area contributed by atoms with Crippen LogP contribution in [0.3, 0.4) is 0 Å². The molecule has 0 bridgehead atoms. The molecule has 2 rings (SSSR count). The van der Waals surface area contributed by atoms with Gasteiger partial charge >= 0.3 is 17.9 Å². The van der Waals surface area contributed by atoms with Gasteiger partial charge in [0.2, 0.25) is 0 Å². The maximum absolute atomic E-state index is 12.3. The van der Waals surface area contributed by atoms with Gasteiger partial charge < -0.3 is 18.9 Å². The van der Waals surface area contributed by atoms with Crippen LogP contribution in [0.2, 0.25) is 0 Å². The van der Waals surface area contributed by atoms with Crippen LogP contribution < -0.4 is 0 Å². The van der Waals surface area contributed by atoms with E-state index in [1.54, 1.807) is 6.92 Å². The first-order valence-electron chi connectivity index (χ1n) is 16.7. The maximum atomic E-state index is 12.3. The second-order valence-electron chi connectivity index (χ2n) is 11.5. The largest absolute Gasteiger partial charge is 0.466 e. The van der Waals surface area contributed by atoms with Crippen molar-refractivity contribution in [3.63, 3.8) is 0 Å². The van der Waals surface area contributed by atoms with E-state index in [1.807, 2.05) is 42.5 Å². The van der Waals surface area contributed by atoms with E-state index in [-0.39, 0.29) is 18.5 Å². The Kier molecular flexibility index (Phi) is 20.3. The van der Waals surface area contributed by atoms with Crippen molar-refractivity contribution in [2.24, 2.45) is 0 Å². The topological polar surface area (TPSA) is 88.1 Å². The lowest BCUT2D eigenvalue weighted by atomic mass is 10.0. The van der Waals surface area contributed by atoms with Crippen LogP contribution in [-0.2, 0) is 28.5 Å². The molecule has 0 spiro atoms. The van der Waals surface area contributed by atoms with E-state index in [1.165, 1.54) is 64.2 Å². The summed E-state index contributed by atoms with van der Waals surface area (Å²) in [6.07, 6.45) is 17.7. The van der Waals surface area contributed by atoms with Crippen molar-refractivity contribution in [3.05, 3.63) is 60.2 Å². The van der Waals surface area contributed by atoms with Crippen LogP contribution in [0.25, 0.3) is 10.8 Å². The molecule has 2 aromatic carbocycles. The summed E-state index contributed by atoms with van der Waals surface area (Å²) in [5.41, 5.74) is 0.988. The summed E-state index contributed by atoms with van der Waals surface area (Å²) in [7, 11) is 0. The molecule has 244 valence electrons. The standard InChI is InChI=1S/C37H54O7/c1-31(2)36(39)44-29-28-41-25-19-22-35(38)42-26-17-13-11-9-7-5-3-4-6-8-10-12-14-18-27-43-37(40)34-24-23-32-20-15-16-21-33(32)30-34/h15-16,20-21,23-24,30H,1,3-14,17-19,22,25-29H2,2H3. The summed E-state index contributed by atoms with van der Waals surface area (Å²) in [6, 6.07) is 13.7. The van der Waals surface area contributed by atoms with Crippen molar-refractivity contribution in [3.8, 4) is 0 Å². The zero-order valence-corrected chi connectivity index (χ0v) is 27.0. The molecular formula is C37H54O7. The Morgan fingerprint density at radius 2 is 1.11 bits per heavy atom.